The zero-order valence-electron chi connectivity index (χ0n) is 12.2. The van der Waals surface area contributed by atoms with Crippen LogP contribution in [0, 0.1) is 11.8 Å². The van der Waals surface area contributed by atoms with Crippen LogP contribution in [0.4, 0.5) is 0 Å². The Morgan fingerprint density at radius 2 is 1.78 bits per heavy atom. The lowest BCUT2D eigenvalue weighted by atomic mass is 9.98. The van der Waals surface area contributed by atoms with Crippen molar-refractivity contribution in [2.75, 3.05) is 0 Å². The molecule has 2 heteroatoms. The van der Waals surface area contributed by atoms with Gasteiger partial charge in [-0.15, -0.1) is 11.3 Å². The second kappa shape index (κ2) is 7.73. The molecule has 0 aliphatic carbocycles. The minimum absolute atomic E-state index is 0.420. The third kappa shape index (κ3) is 5.81. The fraction of sp³-hybridized carbons (Fsp3) is 0.688. The molecular formula is C16H26OS. The van der Waals surface area contributed by atoms with Crippen molar-refractivity contribution in [2.24, 2.45) is 11.8 Å². The van der Waals surface area contributed by atoms with Crippen LogP contribution in [0.3, 0.4) is 0 Å². The first kappa shape index (κ1) is 15.4. The van der Waals surface area contributed by atoms with Gasteiger partial charge in [0.1, 0.15) is 5.78 Å². The SMILES string of the molecule is CCCC(=O)CC(C)Cc1ccc(CC(C)C)s1. The standard InChI is InChI=1S/C16H26OS/c1-5-6-14(17)10-13(4)11-16-8-7-15(18-16)9-12(2)3/h7-8,12-13H,5-6,9-11H2,1-4H3. The average molecular weight is 266 g/mol. The zero-order chi connectivity index (χ0) is 13.5. The monoisotopic (exact) mass is 266 g/mol. The van der Waals surface area contributed by atoms with E-state index in [1.807, 2.05) is 11.3 Å². The van der Waals surface area contributed by atoms with Crippen molar-refractivity contribution >= 4 is 17.1 Å². The molecule has 1 atom stereocenters. The molecule has 0 fully saturated rings. The van der Waals surface area contributed by atoms with Gasteiger partial charge in [-0.25, -0.2) is 0 Å². The molecule has 0 aliphatic heterocycles. The predicted molar refractivity (Wildman–Crippen MR) is 80.3 cm³/mol. The second-order valence-corrected chi connectivity index (χ2v) is 7.02. The van der Waals surface area contributed by atoms with Crippen LogP contribution in [0.1, 0.15) is 56.7 Å². The van der Waals surface area contributed by atoms with Crippen LogP contribution in [0.25, 0.3) is 0 Å². The third-order valence-corrected chi connectivity index (χ3v) is 4.11. The van der Waals surface area contributed by atoms with E-state index in [9.17, 15) is 4.79 Å². The van der Waals surface area contributed by atoms with Crippen LogP contribution < -0.4 is 0 Å². The number of rotatable bonds is 8. The van der Waals surface area contributed by atoms with Crippen LogP contribution in [0.2, 0.25) is 0 Å². The molecule has 1 rings (SSSR count). The maximum atomic E-state index is 11.6. The summed E-state index contributed by atoms with van der Waals surface area (Å²) in [5.74, 6) is 1.62. The molecule has 0 aliphatic rings. The largest absolute Gasteiger partial charge is 0.300 e. The van der Waals surface area contributed by atoms with Gasteiger partial charge in [-0.2, -0.15) is 0 Å². The van der Waals surface area contributed by atoms with E-state index >= 15 is 0 Å². The van der Waals surface area contributed by atoms with E-state index in [0.717, 1.165) is 31.6 Å². The van der Waals surface area contributed by atoms with Gasteiger partial charge in [0.05, 0.1) is 0 Å². The summed E-state index contributed by atoms with van der Waals surface area (Å²) in [6.45, 7) is 8.77. The molecule has 1 heterocycles. The molecular weight excluding hydrogens is 240 g/mol. The number of thiophene rings is 1. The first-order valence-corrected chi connectivity index (χ1v) is 7.92. The van der Waals surface area contributed by atoms with E-state index < -0.39 is 0 Å². The minimum Gasteiger partial charge on any atom is -0.300 e. The van der Waals surface area contributed by atoms with Gasteiger partial charge in [-0.1, -0.05) is 27.7 Å². The second-order valence-electron chi connectivity index (χ2n) is 5.77. The Kier molecular flexibility index (Phi) is 6.62. The van der Waals surface area contributed by atoms with Gasteiger partial charge in [0.15, 0.2) is 0 Å². The quantitative estimate of drug-likeness (QED) is 0.655. The molecule has 102 valence electrons. The van der Waals surface area contributed by atoms with Crippen molar-refractivity contribution in [2.45, 2.75) is 59.8 Å². The number of hydrogen-bond donors (Lipinski definition) is 0. The summed E-state index contributed by atoms with van der Waals surface area (Å²) in [5.41, 5.74) is 0. The maximum absolute atomic E-state index is 11.6. The highest BCUT2D eigenvalue weighted by Crippen LogP contribution is 2.23. The molecule has 1 nitrogen and oxygen atoms in total. The maximum Gasteiger partial charge on any atom is 0.133 e. The van der Waals surface area contributed by atoms with Crippen LogP contribution in [0.15, 0.2) is 12.1 Å². The highest BCUT2D eigenvalue weighted by atomic mass is 32.1. The number of carbonyl (C=O) groups is 1. The van der Waals surface area contributed by atoms with Gasteiger partial charge in [-0.05, 0) is 43.2 Å². The van der Waals surface area contributed by atoms with Crippen molar-refractivity contribution in [1.82, 2.24) is 0 Å². The lowest BCUT2D eigenvalue weighted by Gasteiger charge is -2.08. The molecule has 0 aromatic carbocycles. The fourth-order valence-electron chi connectivity index (χ4n) is 2.23. The number of Topliss-reactive ketones (excluding diaryl/α,β-unsaturated/α-hetero) is 1. The van der Waals surface area contributed by atoms with Crippen LogP contribution >= 0.6 is 11.3 Å². The molecule has 0 radical (unpaired) electrons. The Labute approximate surface area is 116 Å². The Morgan fingerprint density at radius 3 is 2.33 bits per heavy atom. The summed E-state index contributed by atoms with van der Waals surface area (Å²) < 4.78 is 0. The molecule has 1 aromatic heterocycles. The Bertz CT molecular complexity index is 365. The molecule has 0 spiro atoms. The fourth-order valence-corrected chi connectivity index (χ4v) is 3.62. The zero-order valence-corrected chi connectivity index (χ0v) is 13.0. The van der Waals surface area contributed by atoms with E-state index in [0.29, 0.717) is 11.7 Å². The molecule has 1 unspecified atom stereocenters. The molecule has 0 saturated carbocycles. The first-order valence-electron chi connectivity index (χ1n) is 7.10. The van der Waals surface area contributed by atoms with Gasteiger partial charge >= 0.3 is 0 Å². The third-order valence-electron chi connectivity index (χ3n) is 2.98. The van der Waals surface area contributed by atoms with Gasteiger partial charge < -0.3 is 0 Å². The number of carbonyl (C=O) groups excluding carboxylic acids is 1. The van der Waals surface area contributed by atoms with Gasteiger partial charge in [-0.3, -0.25) is 4.79 Å². The summed E-state index contributed by atoms with van der Waals surface area (Å²) in [6, 6.07) is 4.49. The number of hydrogen-bond acceptors (Lipinski definition) is 2. The Hall–Kier alpha value is -0.630. The lowest BCUT2D eigenvalue weighted by Crippen LogP contribution is -2.07. The smallest absolute Gasteiger partial charge is 0.133 e. The molecule has 0 amide bonds. The lowest BCUT2D eigenvalue weighted by molar-refractivity contribution is -0.119. The van der Waals surface area contributed by atoms with E-state index in [1.165, 1.54) is 16.2 Å². The van der Waals surface area contributed by atoms with Crippen molar-refractivity contribution in [1.29, 1.82) is 0 Å². The van der Waals surface area contributed by atoms with Crippen molar-refractivity contribution in [3.05, 3.63) is 21.9 Å². The summed E-state index contributed by atoms with van der Waals surface area (Å²) in [6.07, 6.45) is 4.69. The summed E-state index contributed by atoms with van der Waals surface area (Å²) in [5, 5.41) is 0. The van der Waals surface area contributed by atoms with E-state index in [-0.39, 0.29) is 0 Å². The Morgan fingerprint density at radius 1 is 1.17 bits per heavy atom. The summed E-state index contributed by atoms with van der Waals surface area (Å²) >= 11 is 1.92. The normalized spacial score (nSPS) is 12.9. The van der Waals surface area contributed by atoms with Crippen molar-refractivity contribution in [3.63, 3.8) is 0 Å². The van der Waals surface area contributed by atoms with Gasteiger partial charge in [0, 0.05) is 22.6 Å². The number of ketones is 1. The van der Waals surface area contributed by atoms with Crippen LogP contribution in [0.5, 0.6) is 0 Å². The molecule has 0 saturated heterocycles. The molecule has 1 aromatic rings. The van der Waals surface area contributed by atoms with E-state index in [1.54, 1.807) is 0 Å². The first-order chi connectivity index (χ1) is 8.51. The summed E-state index contributed by atoms with van der Waals surface area (Å²) in [7, 11) is 0. The molecule has 18 heavy (non-hydrogen) atoms. The van der Waals surface area contributed by atoms with E-state index in [2.05, 4.69) is 39.8 Å². The Balaban J connectivity index is 2.41. The minimum atomic E-state index is 0.420. The highest BCUT2D eigenvalue weighted by Gasteiger charge is 2.11. The van der Waals surface area contributed by atoms with Gasteiger partial charge in [0.25, 0.3) is 0 Å². The van der Waals surface area contributed by atoms with Gasteiger partial charge in [0.2, 0.25) is 0 Å². The van der Waals surface area contributed by atoms with Crippen molar-refractivity contribution < 1.29 is 4.79 Å². The predicted octanol–water partition coefficient (Wildman–Crippen LogP) is 4.88. The molecule has 0 N–H and O–H groups in total. The molecule has 0 bridgehead atoms. The van der Waals surface area contributed by atoms with Crippen LogP contribution in [-0.2, 0) is 17.6 Å². The van der Waals surface area contributed by atoms with E-state index in [4.69, 9.17) is 0 Å². The topological polar surface area (TPSA) is 17.1 Å². The highest BCUT2D eigenvalue weighted by molar-refractivity contribution is 7.11. The van der Waals surface area contributed by atoms with Crippen molar-refractivity contribution in [3.8, 4) is 0 Å². The summed E-state index contributed by atoms with van der Waals surface area (Å²) in [4.78, 5) is 14.5. The van der Waals surface area contributed by atoms with Crippen LogP contribution in [-0.4, -0.2) is 5.78 Å². The average Bonchev–Trinajstić information content (AvgIpc) is 2.64.